The molecule has 0 saturated heterocycles. The van der Waals surface area contributed by atoms with E-state index in [4.69, 9.17) is 4.74 Å². The Kier molecular flexibility index (Phi) is 3.06. The van der Waals surface area contributed by atoms with Crippen LogP contribution in [0.1, 0.15) is 39.0 Å². The summed E-state index contributed by atoms with van der Waals surface area (Å²) in [5, 5.41) is 0. The number of hydrogen-bond acceptors (Lipinski definition) is 2. The molecular weight excluding hydrogens is 140 g/mol. The molecule has 0 N–H and O–H groups in total. The van der Waals surface area contributed by atoms with Crippen molar-refractivity contribution in [3.63, 3.8) is 0 Å². The van der Waals surface area contributed by atoms with Gasteiger partial charge in [-0.3, -0.25) is 0 Å². The summed E-state index contributed by atoms with van der Waals surface area (Å²) in [6, 6.07) is 0. The van der Waals surface area contributed by atoms with E-state index in [-0.39, 0.29) is 5.60 Å². The van der Waals surface area contributed by atoms with E-state index >= 15 is 0 Å². The van der Waals surface area contributed by atoms with Crippen LogP contribution in [-0.4, -0.2) is 18.5 Å². The van der Waals surface area contributed by atoms with Crippen LogP contribution in [0, 0.1) is 0 Å². The second-order valence-corrected chi connectivity index (χ2v) is 3.24. The van der Waals surface area contributed by atoms with Crippen molar-refractivity contribution in [1.82, 2.24) is 0 Å². The Bertz CT molecular complexity index is 128. The highest BCUT2D eigenvalue weighted by Crippen LogP contribution is 2.37. The van der Waals surface area contributed by atoms with Gasteiger partial charge in [-0.2, -0.15) is 0 Å². The van der Waals surface area contributed by atoms with Crippen molar-refractivity contribution in [1.29, 1.82) is 0 Å². The van der Waals surface area contributed by atoms with Gasteiger partial charge in [-0.15, -0.1) is 0 Å². The first-order valence-electron chi connectivity index (χ1n) is 4.43. The predicted molar refractivity (Wildman–Crippen MR) is 43.5 cm³/mol. The summed E-state index contributed by atoms with van der Waals surface area (Å²) < 4.78 is 5.42. The molecule has 0 aromatic rings. The van der Waals surface area contributed by atoms with E-state index in [1.54, 1.807) is 0 Å². The second kappa shape index (κ2) is 3.86. The predicted octanol–water partition coefficient (Wildman–Crippen LogP) is 1.92. The van der Waals surface area contributed by atoms with Crippen LogP contribution in [-0.2, 0) is 9.53 Å². The van der Waals surface area contributed by atoms with Gasteiger partial charge in [-0.05, 0) is 19.3 Å². The third-order valence-electron chi connectivity index (χ3n) is 2.09. The largest absolute Gasteiger partial charge is 0.368 e. The number of aldehydes is 1. The van der Waals surface area contributed by atoms with Gasteiger partial charge in [0.2, 0.25) is 0 Å². The minimum absolute atomic E-state index is 0.340. The molecule has 0 aromatic heterocycles. The molecule has 0 spiro atoms. The number of carbonyl (C=O) groups is 1. The Balaban J connectivity index is 1.98. The minimum Gasteiger partial charge on any atom is -0.368 e. The average Bonchev–Trinajstić information content (AvgIpc) is 2.80. The van der Waals surface area contributed by atoms with Gasteiger partial charge in [0.15, 0.2) is 6.29 Å². The van der Waals surface area contributed by atoms with Crippen LogP contribution in [0.25, 0.3) is 0 Å². The Labute approximate surface area is 67.9 Å². The van der Waals surface area contributed by atoms with Gasteiger partial charge < -0.3 is 9.53 Å². The Morgan fingerprint density at radius 1 is 1.45 bits per heavy atom. The molecule has 1 rings (SSSR count). The molecule has 0 aromatic carbocycles. The first-order chi connectivity index (χ1) is 5.33. The summed E-state index contributed by atoms with van der Waals surface area (Å²) in [7, 11) is 0. The van der Waals surface area contributed by atoms with E-state index in [2.05, 4.69) is 6.92 Å². The molecule has 1 fully saturated rings. The third kappa shape index (κ3) is 2.62. The summed E-state index contributed by atoms with van der Waals surface area (Å²) in [6.45, 7) is 2.92. The fourth-order valence-electron chi connectivity index (χ4n) is 1.05. The van der Waals surface area contributed by atoms with Crippen LogP contribution in [0.2, 0.25) is 0 Å². The molecule has 0 unspecified atom stereocenters. The van der Waals surface area contributed by atoms with Gasteiger partial charge in [0, 0.05) is 6.61 Å². The zero-order valence-electron chi connectivity index (χ0n) is 7.14. The molecule has 0 aliphatic heterocycles. The molecule has 0 atom stereocenters. The van der Waals surface area contributed by atoms with Crippen molar-refractivity contribution in [2.45, 2.75) is 44.6 Å². The van der Waals surface area contributed by atoms with Crippen molar-refractivity contribution in [3.05, 3.63) is 0 Å². The molecule has 2 nitrogen and oxygen atoms in total. The molecule has 0 bridgehead atoms. The number of ether oxygens (including phenoxy) is 1. The molecule has 11 heavy (non-hydrogen) atoms. The highest BCUT2D eigenvalue weighted by molar-refractivity contribution is 5.66. The monoisotopic (exact) mass is 156 g/mol. The van der Waals surface area contributed by atoms with Crippen LogP contribution >= 0.6 is 0 Å². The third-order valence-corrected chi connectivity index (χ3v) is 2.09. The molecule has 1 saturated carbocycles. The van der Waals surface area contributed by atoms with E-state index in [0.29, 0.717) is 0 Å². The number of hydrogen-bond donors (Lipinski definition) is 0. The van der Waals surface area contributed by atoms with Crippen LogP contribution in [0.3, 0.4) is 0 Å². The number of unbranched alkanes of at least 4 members (excludes halogenated alkanes) is 2. The molecule has 0 amide bonds. The topological polar surface area (TPSA) is 26.3 Å². The first kappa shape index (κ1) is 8.72. The van der Waals surface area contributed by atoms with Crippen molar-refractivity contribution < 1.29 is 9.53 Å². The SMILES string of the molecule is CCCCCOC1(C=O)CC1. The van der Waals surface area contributed by atoms with Crippen molar-refractivity contribution in [2.24, 2.45) is 0 Å². The van der Waals surface area contributed by atoms with Crippen molar-refractivity contribution in [2.75, 3.05) is 6.61 Å². The van der Waals surface area contributed by atoms with E-state index in [1.165, 1.54) is 12.8 Å². The Morgan fingerprint density at radius 2 is 2.18 bits per heavy atom. The van der Waals surface area contributed by atoms with Gasteiger partial charge in [-0.25, -0.2) is 0 Å². The molecule has 0 radical (unpaired) electrons. The van der Waals surface area contributed by atoms with Gasteiger partial charge >= 0.3 is 0 Å². The lowest BCUT2D eigenvalue weighted by Gasteiger charge is -2.07. The average molecular weight is 156 g/mol. The summed E-state index contributed by atoms with van der Waals surface area (Å²) in [5.41, 5.74) is -0.340. The van der Waals surface area contributed by atoms with Gasteiger partial charge in [0.1, 0.15) is 5.60 Å². The maximum Gasteiger partial charge on any atom is 0.151 e. The first-order valence-corrected chi connectivity index (χ1v) is 4.43. The highest BCUT2D eigenvalue weighted by Gasteiger charge is 2.43. The van der Waals surface area contributed by atoms with E-state index in [9.17, 15) is 4.79 Å². The van der Waals surface area contributed by atoms with Gasteiger partial charge in [0.05, 0.1) is 0 Å². The summed E-state index contributed by atoms with van der Waals surface area (Å²) >= 11 is 0. The van der Waals surface area contributed by atoms with Gasteiger partial charge in [-0.1, -0.05) is 19.8 Å². The molecule has 1 aliphatic rings. The zero-order chi connectivity index (χ0) is 8.16. The van der Waals surface area contributed by atoms with E-state index in [1.807, 2.05) is 0 Å². The Morgan fingerprint density at radius 3 is 2.64 bits per heavy atom. The standard InChI is InChI=1S/C9H16O2/c1-2-3-4-7-11-9(8-10)5-6-9/h8H,2-7H2,1H3. The van der Waals surface area contributed by atoms with Crippen LogP contribution in [0.5, 0.6) is 0 Å². The van der Waals surface area contributed by atoms with E-state index < -0.39 is 0 Å². The lowest BCUT2D eigenvalue weighted by atomic mass is 10.3. The normalized spacial score (nSPS) is 19.7. The molecule has 0 heterocycles. The van der Waals surface area contributed by atoms with Crippen molar-refractivity contribution >= 4 is 6.29 Å². The highest BCUT2D eigenvalue weighted by atomic mass is 16.5. The Hall–Kier alpha value is -0.370. The summed E-state index contributed by atoms with van der Waals surface area (Å²) in [4.78, 5) is 10.4. The van der Waals surface area contributed by atoms with Crippen LogP contribution in [0.4, 0.5) is 0 Å². The smallest absolute Gasteiger partial charge is 0.151 e. The lowest BCUT2D eigenvalue weighted by molar-refractivity contribution is -0.120. The molecule has 2 heteroatoms. The molecular formula is C9H16O2. The number of carbonyl (C=O) groups excluding carboxylic acids is 1. The maximum absolute atomic E-state index is 10.4. The molecule has 1 aliphatic carbocycles. The minimum atomic E-state index is -0.340. The van der Waals surface area contributed by atoms with Gasteiger partial charge in [0.25, 0.3) is 0 Å². The van der Waals surface area contributed by atoms with E-state index in [0.717, 1.165) is 32.2 Å². The molecule has 64 valence electrons. The summed E-state index contributed by atoms with van der Waals surface area (Å²) in [5.74, 6) is 0. The number of rotatable bonds is 6. The maximum atomic E-state index is 10.4. The van der Waals surface area contributed by atoms with Crippen LogP contribution < -0.4 is 0 Å². The second-order valence-electron chi connectivity index (χ2n) is 3.24. The lowest BCUT2D eigenvalue weighted by Crippen LogP contribution is -2.16. The fraction of sp³-hybridized carbons (Fsp3) is 0.889. The fourth-order valence-corrected chi connectivity index (χ4v) is 1.05. The van der Waals surface area contributed by atoms with Crippen LogP contribution in [0.15, 0.2) is 0 Å². The zero-order valence-corrected chi connectivity index (χ0v) is 7.14. The summed E-state index contributed by atoms with van der Waals surface area (Å²) in [6.07, 6.45) is 6.32. The van der Waals surface area contributed by atoms with Crippen molar-refractivity contribution in [3.8, 4) is 0 Å². The quantitative estimate of drug-likeness (QED) is 0.434.